The van der Waals surface area contributed by atoms with E-state index < -0.39 is 21.8 Å². The predicted molar refractivity (Wildman–Crippen MR) is 95.0 cm³/mol. The number of aliphatic hydroxyl groups excluding tert-OH is 1. The summed E-state index contributed by atoms with van der Waals surface area (Å²) in [6.07, 6.45) is 0.0714. The molecule has 0 amide bonds. The SMILES string of the molecule is CC.CC(C)(CO)c1cc2cc([N+](=O)[O-])c(F)cc2n1CC1CO1.[NH2-].[Na+]. The van der Waals surface area contributed by atoms with Crippen molar-refractivity contribution in [2.24, 2.45) is 0 Å². The molecule has 0 saturated carbocycles. The summed E-state index contributed by atoms with van der Waals surface area (Å²) in [6, 6.07) is 4.21. The molecule has 1 aromatic carbocycles. The summed E-state index contributed by atoms with van der Waals surface area (Å²) in [5.74, 6) is -0.859. The number of epoxide rings is 1. The van der Waals surface area contributed by atoms with E-state index in [1.807, 2.05) is 32.3 Å². The number of aromatic nitrogens is 1. The molecular formula is C17H25FN3NaO4. The molecule has 7 nitrogen and oxygen atoms in total. The van der Waals surface area contributed by atoms with Crippen LogP contribution in [0.4, 0.5) is 10.1 Å². The van der Waals surface area contributed by atoms with Gasteiger partial charge in [-0.2, -0.15) is 4.39 Å². The average molecular weight is 377 g/mol. The zero-order valence-electron chi connectivity index (χ0n) is 16.0. The number of nitrogens with two attached hydrogens (primary N) is 1. The maximum atomic E-state index is 14.0. The van der Waals surface area contributed by atoms with E-state index in [2.05, 4.69) is 0 Å². The quantitative estimate of drug-likeness (QED) is 0.364. The predicted octanol–water partition coefficient (Wildman–Crippen LogP) is 1.10. The van der Waals surface area contributed by atoms with Crippen LogP contribution in [0.15, 0.2) is 18.2 Å². The topological polar surface area (TPSA) is 114 Å². The molecule has 1 atom stereocenters. The first-order valence-corrected chi connectivity index (χ1v) is 8.03. The van der Waals surface area contributed by atoms with Crippen molar-refractivity contribution in [3.8, 4) is 0 Å². The van der Waals surface area contributed by atoms with Gasteiger partial charge < -0.3 is 20.6 Å². The van der Waals surface area contributed by atoms with Crippen LogP contribution in [-0.2, 0) is 16.7 Å². The third-order valence-corrected chi connectivity index (χ3v) is 4.04. The second-order valence-electron chi connectivity index (χ2n) is 6.26. The van der Waals surface area contributed by atoms with Crippen molar-refractivity contribution in [1.82, 2.24) is 4.57 Å². The fourth-order valence-electron chi connectivity index (χ4n) is 2.63. The summed E-state index contributed by atoms with van der Waals surface area (Å²) < 4.78 is 21.1. The van der Waals surface area contributed by atoms with E-state index in [1.54, 1.807) is 6.07 Å². The molecule has 140 valence electrons. The van der Waals surface area contributed by atoms with Crippen LogP contribution >= 0.6 is 0 Å². The van der Waals surface area contributed by atoms with Crippen molar-refractivity contribution in [2.45, 2.75) is 45.8 Å². The van der Waals surface area contributed by atoms with Crippen molar-refractivity contribution in [1.29, 1.82) is 0 Å². The Bertz CT molecular complexity index is 760. The number of benzene rings is 1. The molecule has 1 aromatic heterocycles. The van der Waals surface area contributed by atoms with Gasteiger partial charge in [0, 0.05) is 28.6 Å². The first-order valence-electron chi connectivity index (χ1n) is 8.03. The van der Waals surface area contributed by atoms with Crippen LogP contribution in [0.3, 0.4) is 0 Å². The van der Waals surface area contributed by atoms with Gasteiger partial charge in [0.05, 0.1) is 36.3 Å². The summed E-state index contributed by atoms with van der Waals surface area (Å²) in [5.41, 5.74) is 0.301. The third-order valence-electron chi connectivity index (χ3n) is 4.04. The second kappa shape index (κ2) is 9.77. The second-order valence-corrected chi connectivity index (χ2v) is 6.26. The first-order chi connectivity index (χ1) is 11.3. The molecule has 3 rings (SSSR count). The molecule has 0 spiro atoms. The number of nitrogens with zero attached hydrogens (tertiary/aromatic N) is 2. The van der Waals surface area contributed by atoms with E-state index >= 15 is 0 Å². The Labute approximate surface area is 174 Å². The van der Waals surface area contributed by atoms with Crippen molar-refractivity contribution in [3.05, 3.63) is 46.0 Å². The zero-order valence-corrected chi connectivity index (χ0v) is 18.0. The third kappa shape index (κ3) is 5.03. The molecule has 3 N–H and O–H groups in total. The molecule has 1 fully saturated rings. The van der Waals surface area contributed by atoms with Crippen LogP contribution in [0, 0.1) is 15.9 Å². The van der Waals surface area contributed by atoms with Gasteiger partial charge in [-0.25, -0.2) is 0 Å². The molecule has 1 saturated heterocycles. The monoisotopic (exact) mass is 377 g/mol. The van der Waals surface area contributed by atoms with Crippen LogP contribution in [-0.4, -0.2) is 33.9 Å². The Morgan fingerprint density at radius 3 is 2.42 bits per heavy atom. The minimum Gasteiger partial charge on any atom is -0.693 e. The van der Waals surface area contributed by atoms with Gasteiger partial charge in [-0.3, -0.25) is 10.1 Å². The zero-order chi connectivity index (χ0) is 18.1. The molecule has 1 unspecified atom stereocenters. The van der Waals surface area contributed by atoms with Crippen LogP contribution < -0.4 is 29.6 Å². The molecule has 9 heteroatoms. The van der Waals surface area contributed by atoms with Gasteiger partial charge in [0.25, 0.3) is 0 Å². The van der Waals surface area contributed by atoms with Gasteiger partial charge in [-0.1, -0.05) is 27.7 Å². The smallest absolute Gasteiger partial charge is 0.693 e. The summed E-state index contributed by atoms with van der Waals surface area (Å²) in [5, 5.41) is 21.1. The number of aliphatic hydroxyl groups is 1. The number of rotatable bonds is 5. The van der Waals surface area contributed by atoms with Crippen LogP contribution in [0.2, 0.25) is 0 Å². The molecular weight excluding hydrogens is 352 g/mol. The number of hydrogen-bond donors (Lipinski definition) is 1. The number of fused-ring (bicyclic) bond motifs is 1. The van der Waals surface area contributed by atoms with E-state index in [4.69, 9.17) is 4.74 Å². The largest absolute Gasteiger partial charge is 1.00 e. The Hall–Kier alpha value is -1.03. The number of nitro benzene ring substituents is 1. The van der Waals surface area contributed by atoms with Gasteiger partial charge in [0.2, 0.25) is 5.82 Å². The minimum absolute atomic E-state index is 0. The van der Waals surface area contributed by atoms with Gasteiger partial charge in [0.1, 0.15) is 0 Å². The molecule has 2 aromatic rings. The van der Waals surface area contributed by atoms with E-state index in [0.29, 0.717) is 24.1 Å². The Morgan fingerprint density at radius 1 is 1.38 bits per heavy atom. The average Bonchev–Trinajstić information content (AvgIpc) is 3.30. The fourth-order valence-corrected chi connectivity index (χ4v) is 2.63. The molecule has 1 aliphatic rings. The van der Waals surface area contributed by atoms with E-state index in [1.165, 1.54) is 12.1 Å². The van der Waals surface area contributed by atoms with Crippen LogP contribution in [0.25, 0.3) is 17.1 Å². The van der Waals surface area contributed by atoms with Gasteiger partial charge >= 0.3 is 35.2 Å². The maximum absolute atomic E-state index is 14.0. The number of hydrogen-bond acceptors (Lipinski definition) is 4. The van der Waals surface area contributed by atoms with Crippen molar-refractivity contribution in [2.75, 3.05) is 13.2 Å². The Morgan fingerprint density at radius 2 is 1.96 bits per heavy atom. The molecule has 2 heterocycles. The van der Waals surface area contributed by atoms with Crippen molar-refractivity contribution in [3.63, 3.8) is 0 Å². The summed E-state index contributed by atoms with van der Waals surface area (Å²) in [6.45, 7) is 8.85. The number of halogens is 1. The standard InChI is InChI=1S/C15H17FN2O4.C2H6.H2N.Na/c1-15(2,8-19)14-4-9-3-13(18(20)21)11(16)5-12(9)17(14)6-10-7-22-10;1-2;;/h3-5,10,19H,6-8H2,1-2H3;1-2H3;1H2;/q;;-1;+1. The molecule has 0 bridgehead atoms. The maximum Gasteiger partial charge on any atom is 1.00 e. The van der Waals surface area contributed by atoms with Gasteiger partial charge in [0.15, 0.2) is 0 Å². The normalized spacial score (nSPS) is 15.4. The van der Waals surface area contributed by atoms with Gasteiger partial charge in [-0.15, -0.1) is 0 Å². The minimum atomic E-state index is -0.859. The fraction of sp³-hybridized carbons (Fsp3) is 0.529. The number of ether oxygens (including phenoxy) is 1. The summed E-state index contributed by atoms with van der Waals surface area (Å²) in [7, 11) is 0. The molecule has 0 aliphatic carbocycles. The van der Waals surface area contributed by atoms with E-state index in [0.717, 1.165) is 5.69 Å². The van der Waals surface area contributed by atoms with E-state index in [9.17, 15) is 19.6 Å². The summed E-state index contributed by atoms with van der Waals surface area (Å²) >= 11 is 0. The van der Waals surface area contributed by atoms with Crippen molar-refractivity contribution >= 4 is 16.6 Å². The number of nitro groups is 1. The Balaban J connectivity index is 0.00000151. The van der Waals surface area contributed by atoms with Crippen molar-refractivity contribution < 1.29 is 48.7 Å². The van der Waals surface area contributed by atoms with Gasteiger partial charge in [-0.05, 0) is 6.07 Å². The Kier molecular flexibility index (Phi) is 9.39. The van der Waals surface area contributed by atoms with E-state index in [-0.39, 0.29) is 48.4 Å². The molecule has 0 radical (unpaired) electrons. The first kappa shape index (κ1) is 25.0. The molecule has 26 heavy (non-hydrogen) atoms. The van der Waals surface area contributed by atoms with Crippen LogP contribution in [0.1, 0.15) is 33.4 Å². The summed E-state index contributed by atoms with van der Waals surface area (Å²) in [4.78, 5) is 10.2. The molecule has 1 aliphatic heterocycles. The van der Waals surface area contributed by atoms with Crippen LogP contribution in [0.5, 0.6) is 0 Å².